The number of carbonyl (C=O) groups is 1. The van der Waals surface area contributed by atoms with Crippen molar-refractivity contribution in [2.45, 2.75) is 20.3 Å². The third kappa shape index (κ3) is 3.39. The van der Waals surface area contributed by atoms with Crippen LogP contribution in [-0.4, -0.2) is 11.1 Å². The van der Waals surface area contributed by atoms with Gasteiger partial charge in [-0.15, -0.1) is 0 Å². The molecule has 0 aromatic heterocycles. The first-order valence-corrected chi connectivity index (χ1v) is 5.31. The maximum Gasteiger partial charge on any atom is 0.331 e. The molecule has 0 aliphatic rings. The Kier molecular flexibility index (Phi) is 4.52. The van der Waals surface area contributed by atoms with E-state index in [1.807, 2.05) is 56.3 Å². The molecule has 0 amide bonds. The summed E-state index contributed by atoms with van der Waals surface area (Å²) in [5.74, 6) is -0.835. The van der Waals surface area contributed by atoms with Crippen LogP contribution in [0.1, 0.15) is 25.8 Å². The summed E-state index contributed by atoms with van der Waals surface area (Å²) in [4.78, 5) is 10.9. The molecule has 0 saturated carbocycles. The first-order valence-electron chi connectivity index (χ1n) is 5.31. The molecule has 1 N–H and O–H groups in total. The molecule has 1 rings (SSSR count). The average molecular weight is 216 g/mol. The molecule has 1 aromatic rings. The summed E-state index contributed by atoms with van der Waals surface area (Å²) >= 11 is 0. The van der Waals surface area contributed by atoms with Crippen LogP contribution in [0.3, 0.4) is 0 Å². The highest BCUT2D eigenvalue weighted by atomic mass is 16.4. The third-order valence-electron chi connectivity index (χ3n) is 2.41. The van der Waals surface area contributed by atoms with Gasteiger partial charge in [0.05, 0.1) is 0 Å². The van der Waals surface area contributed by atoms with Crippen LogP contribution in [0.25, 0.3) is 6.08 Å². The van der Waals surface area contributed by atoms with Crippen LogP contribution < -0.4 is 0 Å². The van der Waals surface area contributed by atoms with Crippen molar-refractivity contribution in [1.82, 2.24) is 0 Å². The molecule has 0 bridgehead atoms. The van der Waals surface area contributed by atoms with Gasteiger partial charge in [-0.2, -0.15) is 0 Å². The van der Waals surface area contributed by atoms with Crippen molar-refractivity contribution in [2.75, 3.05) is 0 Å². The molecular weight excluding hydrogens is 200 g/mol. The summed E-state index contributed by atoms with van der Waals surface area (Å²) in [6.45, 7) is 3.68. The van der Waals surface area contributed by atoms with E-state index in [2.05, 4.69) is 0 Å². The van der Waals surface area contributed by atoms with Crippen LogP contribution in [0.4, 0.5) is 0 Å². The first kappa shape index (κ1) is 12.2. The lowest BCUT2D eigenvalue weighted by Gasteiger charge is -2.01. The van der Waals surface area contributed by atoms with Gasteiger partial charge >= 0.3 is 5.97 Å². The maximum atomic E-state index is 10.9. The van der Waals surface area contributed by atoms with E-state index < -0.39 is 5.97 Å². The lowest BCUT2D eigenvalue weighted by Crippen LogP contribution is -2.01. The molecule has 84 valence electrons. The van der Waals surface area contributed by atoms with Crippen molar-refractivity contribution >= 4 is 12.0 Å². The molecule has 0 fully saturated rings. The van der Waals surface area contributed by atoms with Crippen LogP contribution in [0.2, 0.25) is 0 Å². The van der Waals surface area contributed by atoms with Gasteiger partial charge in [0.25, 0.3) is 0 Å². The van der Waals surface area contributed by atoms with Crippen LogP contribution in [0.5, 0.6) is 0 Å². The molecule has 2 nitrogen and oxygen atoms in total. The second-order valence-corrected chi connectivity index (χ2v) is 3.56. The molecule has 0 aliphatic carbocycles. The monoisotopic (exact) mass is 216 g/mol. The lowest BCUT2D eigenvalue weighted by atomic mass is 10.1. The summed E-state index contributed by atoms with van der Waals surface area (Å²) in [6.07, 6.45) is 4.32. The topological polar surface area (TPSA) is 37.3 Å². The minimum atomic E-state index is -0.835. The zero-order valence-corrected chi connectivity index (χ0v) is 9.60. The van der Waals surface area contributed by atoms with E-state index in [0.717, 1.165) is 11.1 Å². The first-order chi connectivity index (χ1) is 7.65. The fourth-order valence-corrected chi connectivity index (χ4v) is 1.48. The highest BCUT2D eigenvalue weighted by Crippen LogP contribution is 2.12. The molecule has 0 unspecified atom stereocenters. The highest BCUT2D eigenvalue weighted by Gasteiger charge is 2.06. The Hall–Kier alpha value is -1.83. The summed E-state index contributed by atoms with van der Waals surface area (Å²) in [5, 5.41) is 8.95. The van der Waals surface area contributed by atoms with Crippen molar-refractivity contribution in [3.05, 3.63) is 53.1 Å². The van der Waals surface area contributed by atoms with Gasteiger partial charge in [0, 0.05) is 5.57 Å². The van der Waals surface area contributed by atoms with E-state index in [4.69, 9.17) is 5.11 Å². The average Bonchev–Trinajstić information content (AvgIpc) is 2.28. The standard InChI is InChI=1S/C14H16O2/c1-3-13(14(15)16)11(2)9-10-12-7-5-4-6-8-12/h4-10H,3H2,1-2H3,(H,15,16). The number of benzene rings is 1. The predicted octanol–water partition coefficient (Wildman–Crippen LogP) is 3.51. The Balaban J connectivity index is 2.89. The number of hydrogen-bond acceptors (Lipinski definition) is 1. The predicted molar refractivity (Wildman–Crippen MR) is 66.1 cm³/mol. The van der Waals surface area contributed by atoms with Gasteiger partial charge in [0.2, 0.25) is 0 Å². The lowest BCUT2D eigenvalue weighted by molar-refractivity contribution is -0.132. The van der Waals surface area contributed by atoms with Crippen molar-refractivity contribution in [3.63, 3.8) is 0 Å². The van der Waals surface area contributed by atoms with E-state index in [1.54, 1.807) is 0 Å². The van der Waals surface area contributed by atoms with Gasteiger partial charge in [0.15, 0.2) is 0 Å². The van der Waals surface area contributed by atoms with Gasteiger partial charge in [-0.1, -0.05) is 49.4 Å². The van der Waals surface area contributed by atoms with Gasteiger partial charge < -0.3 is 5.11 Å². The molecular formula is C14H16O2. The van der Waals surface area contributed by atoms with E-state index in [9.17, 15) is 4.79 Å². The maximum absolute atomic E-state index is 10.9. The second-order valence-electron chi connectivity index (χ2n) is 3.56. The molecule has 0 aliphatic heterocycles. The Morgan fingerprint density at radius 1 is 1.31 bits per heavy atom. The quantitative estimate of drug-likeness (QED) is 0.617. The van der Waals surface area contributed by atoms with Gasteiger partial charge in [-0.25, -0.2) is 4.79 Å². The Labute approximate surface area is 95.9 Å². The van der Waals surface area contributed by atoms with E-state index in [1.165, 1.54) is 0 Å². The normalized spacial score (nSPS) is 12.6. The van der Waals surface area contributed by atoms with Crippen LogP contribution in [0, 0.1) is 0 Å². The smallest absolute Gasteiger partial charge is 0.331 e. The van der Waals surface area contributed by atoms with Crippen molar-refractivity contribution in [2.24, 2.45) is 0 Å². The summed E-state index contributed by atoms with van der Waals surface area (Å²) in [6, 6.07) is 9.83. The SMILES string of the molecule is CCC(C(=O)O)=C(C)C=Cc1ccccc1. The van der Waals surface area contributed by atoms with Gasteiger partial charge in [-0.3, -0.25) is 0 Å². The largest absolute Gasteiger partial charge is 0.478 e. The Morgan fingerprint density at radius 2 is 1.94 bits per heavy atom. The molecule has 1 aromatic carbocycles. The number of carboxylic acid groups (broad SMARTS) is 1. The van der Waals surface area contributed by atoms with Crippen molar-refractivity contribution < 1.29 is 9.90 Å². The fraction of sp³-hybridized carbons (Fsp3) is 0.214. The summed E-state index contributed by atoms with van der Waals surface area (Å²) in [5.41, 5.74) is 2.34. The number of hydrogen-bond donors (Lipinski definition) is 1. The van der Waals surface area contributed by atoms with E-state index in [-0.39, 0.29) is 0 Å². The Morgan fingerprint density at radius 3 is 2.44 bits per heavy atom. The van der Waals surface area contributed by atoms with Crippen LogP contribution in [-0.2, 0) is 4.79 Å². The van der Waals surface area contributed by atoms with Crippen LogP contribution >= 0.6 is 0 Å². The van der Waals surface area contributed by atoms with Crippen molar-refractivity contribution in [1.29, 1.82) is 0 Å². The zero-order valence-electron chi connectivity index (χ0n) is 9.60. The molecule has 0 heterocycles. The molecule has 0 spiro atoms. The number of rotatable bonds is 4. The molecule has 0 saturated heterocycles. The van der Waals surface area contributed by atoms with E-state index >= 15 is 0 Å². The van der Waals surface area contributed by atoms with Crippen molar-refractivity contribution in [3.8, 4) is 0 Å². The zero-order chi connectivity index (χ0) is 12.0. The number of aliphatic carboxylic acids is 1. The molecule has 0 radical (unpaired) electrons. The summed E-state index contributed by atoms with van der Waals surface area (Å²) in [7, 11) is 0. The minimum absolute atomic E-state index is 0.465. The third-order valence-corrected chi connectivity index (χ3v) is 2.41. The number of allylic oxidation sites excluding steroid dienone is 2. The molecule has 0 atom stereocenters. The van der Waals surface area contributed by atoms with Crippen LogP contribution in [0.15, 0.2) is 47.6 Å². The molecule has 2 heteroatoms. The minimum Gasteiger partial charge on any atom is -0.478 e. The summed E-state index contributed by atoms with van der Waals surface area (Å²) < 4.78 is 0. The number of carboxylic acids is 1. The van der Waals surface area contributed by atoms with Gasteiger partial charge in [0.1, 0.15) is 0 Å². The van der Waals surface area contributed by atoms with E-state index in [0.29, 0.717) is 12.0 Å². The second kappa shape index (κ2) is 5.91. The van der Waals surface area contributed by atoms with Gasteiger partial charge in [-0.05, 0) is 24.5 Å². The Bertz CT molecular complexity index is 414. The molecule has 16 heavy (non-hydrogen) atoms. The fourth-order valence-electron chi connectivity index (χ4n) is 1.48. The highest BCUT2D eigenvalue weighted by molar-refractivity contribution is 5.88.